The summed E-state index contributed by atoms with van der Waals surface area (Å²) in [5.41, 5.74) is 2.18. The number of carboxylic acids is 1. The maximum Gasteiger partial charge on any atom is 0.303 e. The molecule has 0 unspecified atom stereocenters. The molecule has 5 nitrogen and oxygen atoms in total. The molecule has 0 saturated heterocycles. The van der Waals surface area contributed by atoms with Gasteiger partial charge in [0.1, 0.15) is 19.0 Å². The number of aliphatic carboxylic acids is 1. The summed E-state index contributed by atoms with van der Waals surface area (Å²) in [5, 5.41) is 8.77. The quantitative estimate of drug-likeness (QED) is 0.642. The Kier molecular flexibility index (Phi) is 7.33. The lowest BCUT2D eigenvalue weighted by atomic mass is 10.0. The average Bonchev–Trinajstić information content (AvgIpc) is 2.64. The molecule has 0 radical (unpaired) electrons. The van der Waals surface area contributed by atoms with E-state index in [1.54, 1.807) is 13.2 Å². The monoisotopic (exact) mass is 358 g/mol. The molecule has 5 heteroatoms. The summed E-state index contributed by atoms with van der Waals surface area (Å²) in [6.07, 6.45) is 0.550. The van der Waals surface area contributed by atoms with Crippen LogP contribution in [0.5, 0.6) is 17.2 Å². The van der Waals surface area contributed by atoms with Gasteiger partial charge < -0.3 is 19.3 Å². The Morgan fingerprint density at radius 3 is 2.31 bits per heavy atom. The zero-order valence-electron chi connectivity index (χ0n) is 15.5. The molecule has 2 rings (SSSR count). The van der Waals surface area contributed by atoms with Crippen molar-refractivity contribution in [1.29, 1.82) is 0 Å². The predicted octanol–water partition coefficient (Wildman–Crippen LogP) is 4.29. The van der Waals surface area contributed by atoms with Crippen molar-refractivity contribution in [3.05, 3.63) is 53.6 Å². The van der Waals surface area contributed by atoms with E-state index >= 15 is 0 Å². The Hall–Kier alpha value is -2.69. The number of carboxylic acid groups (broad SMARTS) is 1. The molecule has 0 amide bonds. The van der Waals surface area contributed by atoms with Crippen LogP contribution < -0.4 is 14.2 Å². The largest absolute Gasteiger partial charge is 0.493 e. The molecule has 0 heterocycles. The van der Waals surface area contributed by atoms with Crippen LogP contribution in [0.2, 0.25) is 0 Å². The van der Waals surface area contributed by atoms with E-state index in [0.717, 1.165) is 11.3 Å². The average molecular weight is 358 g/mol. The summed E-state index contributed by atoms with van der Waals surface area (Å²) < 4.78 is 16.7. The van der Waals surface area contributed by atoms with Crippen molar-refractivity contribution in [3.8, 4) is 17.2 Å². The molecule has 26 heavy (non-hydrogen) atoms. The minimum Gasteiger partial charge on any atom is -0.493 e. The first-order chi connectivity index (χ1) is 12.5. The van der Waals surface area contributed by atoms with Crippen molar-refractivity contribution in [2.45, 2.75) is 32.6 Å². The number of methoxy groups -OCH3 is 1. The molecule has 2 aromatic rings. The molecule has 0 atom stereocenters. The van der Waals surface area contributed by atoms with Gasteiger partial charge in [0.25, 0.3) is 0 Å². The number of hydrogen-bond donors (Lipinski definition) is 1. The number of ether oxygens (including phenoxy) is 3. The molecule has 2 aromatic carbocycles. The van der Waals surface area contributed by atoms with Gasteiger partial charge in [-0.1, -0.05) is 32.0 Å². The fraction of sp³-hybridized carbons (Fsp3) is 0.381. The van der Waals surface area contributed by atoms with Crippen molar-refractivity contribution >= 4 is 5.97 Å². The summed E-state index contributed by atoms with van der Waals surface area (Å²) in [6.45, 7) is 5.12. The van der Waals surface area contributed by atoms with Crippen LogP contribution in [-0.4, -0.2) is 31.4 Å². The lowest BCUT2D eigenvalue weighted by Crippen LogP contribution is -2.09. The molecule has 0 fully saturated rings. The summed E-state index contributed by atoms with van der Waals surface area (Å²) in [4.78, 5) is 10.7. The molecule has 0 aliphatic heterocycles. The molecule has 0 aliphatic rings. The van der Waals surface area contributed by atoms with Crippen molar-refractivity contribution in [3.63, 3.8) is 0 Å². The Morgan fingerprint density at radius 2 is 1.69 bits per heavy atom. The lowest BCUT2D eigenvalue weighted by molar-refractivity contribution is -0.136. The van der Waals surface area contributed by atoms with Crippen LogP contribution in [-0.2, 0) is 11.2 Å². The van der Waals surface area contributed by atoms with Gasteiger partial charge in [-0.25, -0.2) is 0 Å². The SMILES string of the molecule is COc1cc(CCC(=O)O)ccc1OCCOc1ccc(C(C)C)cc1. The highest BCUT2D eigenvalue weighted by Gasteiger charge is 2.07. The van der Waals surface area contributed by atoms with Crippen LogP contribution in [0, 0.1) is 0 Å². The van der Waals surface area contributed by atoms with Crippen LogP contribution in [0.25, 0.3) is 0 Å². The summed E-state index contributed by atoms with van der Waals surface area (Å²) in [7, 11) is 1.57. The van der Waals surface area contributed by atoms with E-state index in [4.69, 9.17) is 19.3 Å². The summed E-state index contributed by atoms with van der Waals surface area (Å²) >= 11 is 0. The third-order valence-corrected chi connectivity index (χ3v) is 4.01. The Bertz CT molecular complexity index is 707. The van der Waals surface area contributed by atoms with Crippen LogP contribution in [0.15, 0.2) is 42.5 Å². The number of hydrogen-bond acceptors (Lipinski definition) is 4. The molecule has 0 aliphatic carbocycles. The van der Waals surface area contributed by atoms with Crippen molar-refractivity contribution in [1.82, 2.24) is 0 Å². The molecule has 0 saturated carbocycles. The third-order valence-electron chi connectivity index (χ3n) is 4.01. The van der Waals surface area contributed by atoms with Crippen LogP contribution in [0.4, 0.5) is 0 Å². The predicted molar refractivity (Wildman–Crippen MR) is 100 cm³/mol. The van der Waals surface area contributed by atoms with Gasteiger partial charge in [-0.2, -0.15) is 0 Å². The van der Waals surface area contributed by atoms with E-state index in [1.165, 1.54) is 5.56 Å². The normalized spacial score (nSPS) is 10.6. The number of aryl methyl sites for hydroxylation is 1. The van der Waals surface area contributed by atoms with Crippen molar-refractivity contribution in [2.75, 3.05) is 20.3 Å². The molecule has 0 bridgehead atoms. The van der Waals surface area contributed by atoms with Gasteiger partial charge in [-0.05, 0) is 47.7 Å². The highest BCUT2D eigenvalue weighted by Crippen LogP contribution is 2.28. The van der Waals surface area contributed by atoms with Gasteiger partial charge in [0, 0.05) is 6.42 Å². The second kappa shape index (κ2) is 9.70. The highest BCUT2D eigenvalue weighted by atomic mass is 16.5. The minimum atomic E-state index is -0.817. The van der Waals surface area contributed by atoms with Gasteiger partial charge >= 0.3 is 5.97 Å². The first-order valence-corrected chi connectivity index (χ1v) is 8.74. The zero-order valence-corrected chi connectivity index (χ0v) is 15.5. The first-order valence-electron chi connectivity index (χ1n) is 8.74. The van der Waals surface area contributed by atoms with Gasteiger partial charge in [0.15, 0.2) is 11.5 Å². The van der Waals surface area contributed by atoms with E-state index in [2.05, 4.69) is 26.0 Å². The number of carbonyl (C=O) groups is 1. The fourth-order valence-corrected chi connectivity index (χ4v) is 2.50. The molecular weight excluding hydrogens is 332 g/mol. The smallest absolute Gasteiger partial charge is 0.303 e. The van der Waals surface area contributed by atoms with Crippen molar-refractivity contribution in [2.24, 2.45) is 0 Å². The molecule has 140 valence electrons. The van der Waals surface area contributed by atoms with Gasteiger partial charge in [-0.3, -0.25) is 4.79 Å². The number of benzene rings is 2. The Labute approximate surface area is 154 Å². The van der Waals surface area contributed by atoms with Gasteiger partial charge in [0.2, 0.25) is 0 Å². The standard InChI is InChI=1S/C21H26O5/c1-15(2)17-6-8-18(9-7-17)25-12-13-26-19-10-4-16(5-11-21(22)23)14-20(19)24-3/h4,6-10,14-15H,5,11-13H2,1-3H3,(H,22,23). The third kappa shape index (κ3) is 5.99. The van der Waals surface area contributed by atoms with Gasteiger partial charge in [0.05, 0.1) is 7.11 Å². The Balaban J connectivity index is 1.83. The van der Waals surface area contributed by atoms with Crippen LogP contribution >= 0.6 is 0 Å². The van der Waals surface area contributed by atoms with E-state index in [-0.39, 0.29) is 6.42 Å². The minimum absolute atomic E-state index is 0.0901. The number of rotatable bonds is 10. The van der Waals surface area contributed by atoms with E-state index in [9.17, 15) is 4.79 Å². The summed E-state index contributed by atoms with van der Waals surface area (Å²) in [5.74, 6) is 1.70. The molecule has 1 N–H and O–H groups in total. The maximum absolute atomic E-state index is 10.7. The lowest BCUT2D eigenvalue weighted by Gasteiger charge is -2.13. The van der Waals surface area contributed by atoms with Crippen molar-refractivity contribution < 1.29 is 24.1 Å². The molecule has 0 spiro atoms. The van der Waals surface area contributed by atoms with E-state index in [0.29, 0.717) is 37.1 Å². The second-order valence-electron chi connectivity index (χ2n) is 6.30. The van der Waals surface area contributed by atoms with Crippen LogP contribution in [0.1, 0.15) is 37.3 Å². The first kappa shape index (κ1) is 19.6. The van der Waals surface area contributed by atoms with E-state index < -0.39 is 5.97 Å². The van der Waals surface area contributed by atoms with Crippen LogP contribution in [0.3, 0.4) is 0 Å². The highest BCUT2D eigenvalue weighted by molar-refractivity contribution is 5.67. The molecular formula is C21H26O5. The maximum atomic E-state index is 10.7. The summed E-state index contributed by atoms with van der Waals surface area (Å²) in [6, 6.07) is 13.5. The zero-order chi connectivity index (χ0) is 18.9. The Morgan fingerprint density at radius 1 is 1.00 bits per heavy atom. The van der Waals surface area contributed by atoms with Gasteiger partial charge in [-0.15, -0.1) is 0 Å². The van der Waals surface area contributed by atoms with E-state index in [1.807, 2.05) is 24.3 Å². The molecule has 0 aromatic heterocycles. The topological polar surface area (TPSA) is 65.0 Å². The fourth-order valence-electron chi connectivity index (χ4n) is 2.50. The second-order valence-corrected chi connectivity index (χ2v) is 6.30.